The lowest BCUT2D eigenvalue weighted by atomic mass is 9.42. The standard InChI is InChI=1S/C14H24/c1-8-5-9(2)13-11(8)6-10-7-12(13)14(10,3)4/h8-13H,5-7H2,1-4H3. The van der Waals surface area contributed by atoms with Crippen LogP contribution >= 0.6 is 0 Å². The summed E-state index contributed by atoms with van der Waals surface area (Å²) in [5.41, 5.74) is 0.694. The van der Waals surface area contributed by atoms with E-state index in [0.717, 1.165) is 35.5 Å². The van der Waals surface area contributed by atoms with Crippen LogP contribution in [0.3, 0.4) is 0 Å². The molecule has 0 radical (unpaired) electrons. The van der Waals surface area contributed by atoms with Gasteiger partial charge in [0, 0.05) is 0 Å². The van der Waals surface area contributed by atoms with Gasteiger partial charge < -0.3 is 0 Å². The van der Waals surface area contributed by atoms with Gasteiger partial charge in [0.25, 0.3) is 0 Å². The van der Waals surface area contributed by atoms with Crippen LogP contribution < -0.4 is 0 Å². The average Bonchev–Trinajstić information content (AvgIpc) is 2.43. The van der Waals surface area contributed by atoms with Crippen molar-refractivity contribution >= 4 is 0 Å². The molecule has 0 aromatic rings. The maximum Gasteiger partial charge on any atom is -0.0294 e. The van der Waals surface area contributed by atoms with Gasteiger partial charge in [-0.3, -0.25) is 0 Å². The quantitative estimate of drug-likeness (QED) is 0.545. The molecule has 0 nitrogen and oxygen atoms in total. The third-order valence-electron chi connectivity index (χ3n) is 6.19. The Bertz CT molecular complexity index is 253. The minimum absolute atomic E-state index is 0.694. The number of rotatable bonds is 0. The van der Waals surface area contributed by atoms with E-state index in [-0.39, 0.29) is 0 Å². The first-order valence-corrected chi connectivity index (χ1v) is 6.51. The van der Waals surface area contributed by atoms with E-state index in [1.54, 1.807) is 12.8 Å². The van der Waals surface area contributed by atoms with Crippen molar-refractivity contribution in [3.63, 3.8) is 0 Å². The molecule has 0 heterocycles. The summed E-state index contributed by atoms with van der Waals surface area (Å²) in [4.78, 5) is 0. The van der Waals surface area contributed by atoms with E-state index in [1.165, 1.54) is 6.42 Å². The Labute approximate surface area is 88.5 Å². The smallest absolute Gasteiger partial charge is 0.0294 e. The summed E-state index contributed by atoms with van der Waals surface area (Å²) >= 11 is 0. The Morgan fingerprint density at radius 3 is 2.29 bits per heavy atom. The van der Waals surface area contributed by atoms with Crippen LogP contribution in [0.25, 0.3) is 0 Å². The van der Waals surface area contributed by atoms with Crippen LogP contribution in [0.1, 0.15) is 47.0 Å². The van der Waals surface area contributed by atoms with Gasteiger partial charge in [-0.05, 0) is 60.2 Å². The number of hydrogen-bond donors (Lipinski definition) is 0. The van der Waals surface area contributed by atoms with Crippen molar-refractivity contribution in [3.05, 3.63) is 0 Å². The fraction of sp³-hybridized carbons (Fsp3) is 1.00. The van der Waals surface area contributed by atoms with Gasteiger partial charge in [-0.25, -0.2) is 0 Å². The molecule has 14 heavy (non-hydrogen) atoms. The molecule has 0 aromatic heterocycles. The van der Waals surface area contributed by atoms with Crippen LogP contribution in [0, 0.1) is 40.9 Å². The molecule has 2 bridgehead atoms. The molecule has 80 valence electrons. The van der Waals surface area contributed by atoms with Gasteiger partial charge in [-0.15, -0.1) is 0 Å². The van der Waals surface area contributed by atoms with Crippen LogP contribution in [0.4, 0.5) is 0 Å². The second-order valence-corrected chi connectivity index (χ2v) is 7.03. The Morgan fingerprint density at radius 1 is 0.929 bits per heavy atom. The van der Waals surface area contributed by atoms with Crippen molar-refractivity contribution in [2.24, 2.45) is 40.9 Å². The summed E-state index contributed by atoms with van der Waals surface area (Å²) in [5.74, 6) is 6.37. The van der Waals surface area contributed by atoms with E-state index in [4.69, 9.17) is 0 Å². The molecule has 0 heteroatoms. The fourth-order valence-corrected chi connectivity index (χ4v) is 5.24. The van der Waals surface area contributed by atoms with Gasteiger partial charge in [-0.1, -0.05) is 27.7 Å². The first-order chi connectivity index (χ1) is 6.51. The largest absolute Gasteiger partial charge is 0.0622 e. The highest BCUT2D eigenvalue weighted by molar-refractivity contribution is 5.09. The molecular weight excluding hydrogens is 168 g/mol. The highest BCUT2D eigenvalue weighted by Gasteiger charge is 2.61. The van der Waals surface area contributed by atoms with Crippen molar-refractivity contribution in [1.82, 2.24) is 0 Å². The lowest BCUT2D eigenvalue weighted by molar-refractivity contribution is -0.138. The molecule has 4 rings (SSSR count). The SMILES string of the molecule is CC1CC(C)C2C1CC1CC2C1(C)C. The fourth-order valence-electron chi connectivity index (χ4n) is 5.24. The van der Waals surface area contributed by atoms with Crippen LogP contribution in [0.15, 0.2) is 0 Å². The Hall–Kier alpha value is 0. The summed E-state index contributed by atoms with van der Waals surface area (Å²) in [5, 5.41) is 0. The van der Waals surface area contributed by atoms with Crippen LogP contribution in [-0.2, 0) is 0 Å². The normalized spacial score (nSPS) is 59.1. The van der Waals surface area contributed by atoms with Crippen molar-refractivity contribution < 1.29 is 0 Å². The van der Waals surface area contributed by atoms with E-state index < -0.39 is 0 Å². The lowest BCUT2D eigenvalue weighted by Gasteiger charge is -2.62. The monoisotopic (exact) mass is 192 g/mol. The van der Waals surface area contributed by atoms with Crippen molar-refractivity contribution in [1.29, 1.82) is 0 Å². The van der Waals surface area contributed by atoms with Crippen LogP contribution in [-0.4, -0.2) is 0 Å². The molecule has 0 aliphatic heterocycles. The molecule has 6 atom stereocenters. The van der Waals surface area contributed by atoms with Gasteiger partial charge >= 0.3 is 0 Å². The van der Waals surface area contributed by atoms with Gasteiger partial charge in [0.1, 0.15) is 0 Å². The van der Waals surface area contributed by atoms with E-state index in [9.17, 15) is 0 Å². The highest BCUT2D eigenvalue weighted by Crippen LogP contribution is 2.68. The molecule has 0 N–H and O–H groups in total. The van der Waals surface area contributed by atoms with Crippen molar-refractivity contribution in [3.8, 4) is 0 Å². The summed E-state index contributed by atoms with van der Waals surface area (Å²) < 4.78 is 0. The minimum Gasteiger partial charge on any atom is -0.0622 e. The Morgan fingerprint density at radius 2 is 1.64 bits per heavy atom. The predicted molar refractivity (Wildman–Crippen MR) is 59.9 cm³/mol. The third kappa shape index (κ3) is 0.907. The van der Waals surface area contributed by atoms with E-state index in [1.807, 2.05) is 0 Å². The zero-order valence-electron chi connectivity index (χ0n) is 10.1. The molecule has 0 amide bonds. The predicted octanol–water partition coefficient (Wildman–Crippen LogP) is 3.96. The highest BCUT2D eigenvalue weighted by atomic mass is 14.7. The molecule has 4 saturated carbocycles. The third-order valence-corrected chi connectivity index (χ3v) is 6.19. The van der Waals surface area contributed by atoms with E-state index in [0.29, 0.717) is 5.41 Å². The maximum atomic E-state index is 2.53. The van der Waals surface area contributed by atoms with Crippen molar-refractivity contribution in [2.45, 2.75) is 47.0 Å². The van der Waals surface area contributed by atoms with Gasteiger partial charge in [0.2, 0.25) is 0 Å². The molecule has 6 unspecified atom stereocenters. The van der Waals surface area contributed by atoms with E-state index in [2.05, 4.69) is 27.7 Å². The number of hydrogen-bond acceptors (Lipinski definition) is 0. The molecule has 4 fully saturated rings. The summed E-state index contributed by atoms with van der Waals surface area (Å²) in [6.07, 6.45) is 4.62. The van der Waals surface area contributed by atoms with E-state index >= 15 is 0 Å². The zero-order valence-corrected chi connectivity index (χ0v) is 10.1. The lowest BCUT2D eigenvalue weighted by Crippen LogP contribution is -2.55. The maximum absolute atomic E-state index is 2.53. The zero-order chi connectivity index (χ0) is 10.1. The molecule has 4 aliphatic rings. The second-order valence-electron chi connectivity index (χ2n) is 7.03. The van der Waals surface area contributed by atoms with Crippen LogP contribution in [0.2, 0.25) is 0 Å². The van der Waals surface area contributed by atoms with Gasteiger partial charge in [-0.2, -0.15) is 0 Å². The molecule has 0 aromatic carbocycles. The summed E-state index contributed by atoms with van der Waals surface area (Å²) in [7, 11) is 0. The molecule has 4 aliphatic carbocycles. The van der Waals surface area contributed by atoms with Gasteiger partial charge in [0.05, 0.1) is 0 Å². The van der Waals surface area contributed by atoms with Crippen LogP contribution in [0.5, 0.6) is 0 Å². The Balaban J connectivity index is 1.90. The molecule has 0 spiro atoms. The summed E-state index contributed by atoms with van der Waals surface area (Å²) in [6, 6.07) is 0. The second kappa shape index (κ2) is 2.57. The first kappa shape index (κ1) is 9.24. The average molecular weight is 192 g/mol. The van der Waals surface area contributed by atoms with Crippen molar-refractivity contribution in [2.75, 3.05) is 0 Å². The summed E-state index contributed by atoms with van der Waals surface area (Å²) in [6.45, 7) is 10.1. The first-order valence-electron chi connectivity index (χ1n) is 6.51. The Kier molecular flexibility index (Phi) is 1.70. The topological polar surface area (TPSA) is 0 Å². The van der Waals surface area contributed by atoms with Gasteiger partial charge in [0.15, 0.2) is 0 Å². The molecular formula is C14H24. The molecule has 0 saturated heterocycles. The minimum atomic E-state index is 0.694.